The van der Waals surface area contributed by atoms with Crippen LogP contribution in [0.3, 0.4) is 0 Å². The SMILES string of the molecule is Cn1cc(CC(=O)Nc2nc3c(s2)CCC3)c2ccccc21. The Hall–Kier alpha value is -2.14. The molecule has 112 valence electrons. The minimum absolute atomic E-state index is 0.00350. The lowest BCUT2D eigenvalue weighted by Crippen LogP contribution is -2.14. The smallest absolute Gasteiger partial charge is 0.230 e. The van der Waals surface area contributed by atoms with Crippen LogP contribution in [0, 0.1) is 0 Å². The van der Waals surface area contributed by atoms with Gasteiger partial charge in [0.15, 0.2) is 5.13 Å². The van der Waals surface area contributed by atoms with E-state index < -0.39 is 0 Å². The minimum Gasteiger partial charge on any atom is -0.350 e. The van der Waals surface area contributed by atoms with Crippen LogP contribution in [0.1, 0.15) is 22.6 Å². The molecule has 0 fully saturated rings. The van der Waals surface area contributed by atoms with Crippen molar-refractivity contribution < 1.29 is 4.79 Å². The zero-order valence-corrected chi connectivity index (χ0v) is 13.2. The normalized spacial score (nSPS) is 13.5. The second kappa shape index (κ2) is 5.25. The molecule has 4 rings (SSSR count). The molecule has 1 aliphatic rings. The maximum atomic E-state index is 12.3. The molecular weight excluding hydrogens is 294 g/mol. The lowest BCUT2D eigenvalue weighted by molar-refractivity contribution is -0.115. The number of anilines is 1. The topological polar surface area (TPSA) is 46.9 Å². The average molecular weight is 311 g/mol. The summed E-state index contributed by atoms with van der Waals surface area (Å²) in [6.07, 6.45) is 5.76. The van der Waals surface area contributed by atoms with Crippen molar-refractivity contribution in [2.45, 2.75) is 25.7 Å². The summed E-state index contributed by atoms with van der Waals surface area (Å²) >= 11 is 1.62. The van der Waals surface area contributed by atoms with E-state index >= 15 is 0 Å². The van der Waals surface area contributed by atoms with Crippen molar-refractivity contribution in [3.8, 4) is 0 Å². The Labute approximate surface area is 132 Å². The summed E-state index contributed by atoms with van der Waals surface area (Å²) in [6.45, 7) is 0. The van der Waals surface area contributed by atoms with Gasteiger partial charge in [0, 0.05) is 29.0 Å². The van der Waals surface area contributed by atoms with Gasteiger partial charge in [-0.2, -0.15) is 0 Å². The number of amides is 1. The third-order valence-electron chi connectivity index (χ3n) is 4.17. The maximum Gasteiger partial charge on any atom is 0.230 e. The number of aryl methyl sites for hydroxylation is 3. The van der Waals surface area contributed by atoms with Crippen molar-refractivity contribution in [2.75, 3.05) is 5.32 Å². The predicted octanol–water partition coefficient (Wildman–Crippen LogP) is 3.30. The molecule has 1 aromatic carbocycles. The number of nitrogens with one attached hydrogen (secondary N) is 1. The molecule has 0 spiro atoms. The molecule has 1 amide bonds. The van der Waals surface area contributed by atoms with Crippen molar-refractivity contribution in [1.82, 2.24) is 9.55 Å². The van der Waals surface area contributed by atoms with E-state index in [2.05, 4.69) is 27.0 Å². The molecule has 3 aromatic rings. The molecule has 1 aliphatic carbocycles. The van der Waals surface area contributed by atoms with Gasteiger partial charge < -0.3 is 9.88 Å². The fourth-order valence-electron chi connectivity index (χ4n) is 3.15. The van der Waals surface area contributed by atoms with Gasteiger partial charge in [-0.05, 0) is 30.9 Å². The van der Waals surface area contributed by atoms with E-state index in [9.17, 15) is 4.79 Å². The van der Waals surface area contributed by atoms with E-state index in [0.29, 0.717) is 6.42 Å². The van der Waals surface area contributed by atoms with E-state index in [0.717, 1.165) is 34.4 Å². The monoisotopic (exact) mass is 311 g/mol. The van der Waals surface area contributed by atoms with Crippen LogP contribution >= 0.6 is 11.3 Å². The van der Waals surface area contributed by atoms with Gasteiger partial charge >= 0.3 is 0 Å². The molecule has 0 saturated heterocycles. The van der Waals surface area contributed by atoms with Crippen molar-refractivity contribution in [3.63, 3.8) is 0 Å². The van der Waals surface area contributed by atoms with Gasteiger partial charge in [-0.3, -0.25) is 4.79 Å². The molecular formula is C17H17N3OS. The van der Waals surface area contributed by atoms with Crippen LogP contribution in [0.15, 0.2) is 30.5 Å². The van der Waals surface area contributed by atoms with Gasteiger partial charge in [-0.25, -0.2) is 4.98 Å². The molecule has 0 unspecified atom stereocenters. The Morgan fingerprint density at radius 2 is 2.23 bits per heavy atom. The fraction of sp³-hybridized carbons (Fsp3) is 0.294. The fourth-order valence-corrected chi connectivity index (χ4v) is 4.21. The van der Waals surface area contributed by atoms with Gasteiger partial charge in [0.05, 0.1) is 12.1 Å². The first kappa shape index (κ1) is 13.5. The van der Waals surface area contributed by atoms with Gasteiger partial charge in [0.25, 0.3) is 0 Å². The number of aromatic nitrogens is 2. The molecule has 2 heterocycles. The average Bonchev–Trinajstić information content (AvgIpc) is 3.14. The van der Waals surface area contributed by atoms with E-state index in [1.807, 2.05) is 25.4 Å². The van der Waals surface area contributed by atoms with Gasteiger partial charge in [0.1, 0.15) is 0 Å². The number of carbonyl (C=O) groups is 1. The lowest BCUT2D eigenvalue weighted by atomic mass is 10.1. The van der Waals surface area contributed by atoms with Crippen molar-refractivity contribution >= 4 is 33.3 Å². The van der Waals surface area contributed by atoms with E-state index in [4.69, 9.17) is 0 Å². The third-order valence-corrected chi connectivity index (χ3v) is 5.25. The Balaban J connectivity index is 1.53. The first-order valence-electron chi connectivity index (χ1n) is 7.52. The largest absolute Gasteiger partial charge is 0.350 e. The number of rotatable bonds is 3. The molecule has 4 nitrogen and oxygen atoms in total. The standard InChI is InChI=1S/C17H17N3OS/c1-20-10-11(12-5-2-3-7-14(12)20)9-16(21)19-17-18-13-6-4-8-15(13)22-17/h2-3,5,7,10H,4,6,8-9H2,1H3,(H,18,19,21). The van der Waals surface area contributed by atoms with E-state index in [-0.39, 0.29) is 5.91 Å². The Morgan fingerprint density at radius 1 is 1.36 bits per heavy atom. The van der Waals surface area contributed by atoms with Crippen molar-refractivity contribution in [2.24, 2.45) is 7.05 Å². The summed E-state index contributed by atoms with van der Waals surface area (Å²) < 4.78 is 2.07. The van der Waals surface area contributed by atoms with Crippen LogP contribution in [0.4, 0.5) is 5.13 Å². The minimum atomic E-state index is 0.00350. The van der Waals surface area contributed by atoms with Crippen LogP contribution in [-0.4, -0.2) is 15.5 Å². The van der Waals surface area contributed by atoms with Crippen molar-refractivity contribution in [1.29, 1.82) is 0 Å². The second-order valence-electron chi connectivity index (χ2n) is 5.75. The van der Waals surface area contributed by atoms with Gasteiger partial charge in [-0.15, -0.1) is 11.3 Å². The molecule has 1 N–H and O–H groups in total. The van der Waals surface area contributed by atoms with Crippen LogP contribution in [0.25, 0.3) is 10.9 Å². The maximum absolute atomic E-state index is 12.3. The van der Waals surface area contributed by atoms with Crippen LogP contribution < -0.4 is 5.32 Å². The molecule has 5 heteroatoms. The number of hydrogen-bond acceptors (Lipinski definition) is 3. The molecule has 22 heavy (non-hydrogen) atoms. The summed E-state index contributed by atoms with van der Waals surface area (Å²) in [5.41, 5.74) is 3.38. The van der Waals surface area contributed by atoms with Gasteiger partial charge in [0.2, 0.25) is 5.91 Å². The number of para-hydroxylation sites is 1. The highest BCUT2D eigenvalue weighted by molar-refractivity contribution is 7.15. The second-order valence-corrected chi connectivity index (χ2v) is 6.83. The summed E-state index contributed by atoms with van der Waals surface area (Å²) in [6, 6.07) is 8.16. The Morgan fingerprint density at radius 3 is 3.09 bits per heavy atom. The molecule has 0 saturated carbocycles. The summed E-state index contributed by atoms with van der Waals surface area (Å²) in [7, 11) is 2.01. The summed E-state index contributed by atoms with van der Waals surface area (Å²) in [5.74, 6) is 0.00350. The summed E-state index contributed by atoms with van der Waals surface area (Å²) in [5, 5.41) is 4.84. The lowest BCUT2D eigenvalue weighted by Gasteiger charge is -2.01. The molecule has 0 bridgehead atoms. The van der Waals surface area contributed by atoms with Crippen molar-refractivity contribution in [3.05, 3.63) is 46.6 Å². The number of fused-ring (bicyclic) bond motifs is 2. The Kier molecular flexibility index (Phi) is 3.22. The first-order valence-corrected chi connectivity index (χ1v) is 8.34. The molecule has 0 atom stereocenters. The van der Waals surface area contributed by atoms with E-state index in [1.165, 1.54) is 17.0 Å². The molecule has 2 aromatic heterocycles. The number of benzene rings is 1. The zero-order chi connectivity index (χ0) is 15.1. The highest BCUT2D eigenvalue weighted by atomic mass is 32.1. The van der Waals surface area contributed by atoms with Crippen LogP contribution in [0.5, 0.6) is 0 Å². The molecule has 0 aliphatic heterocycles. The highest BCUT2D eigenvalue weighted by Gasteiger charge is 2.18. The Bertz CT molecular complexity index is 841. The number of thiazole rings is 1. The highest BCUT2D eigenvalue weighted by Crippen LogP contribution is 2.30. The summed E-state index contributed by atoms with van der Waals surface area (Å²) in [4.78, 5) is 18.2. The quantitative estimate of drug-likeness (QED) is 0.806. The van der Waals surface area contributed by atoms with Crippen LogP contribution in [0.2, 0.25) is 0 Å². The number of hydrogen-bond donors (Lipinski definition) is 1. The number of nitrogens with zero attached hydrogens (tertiary/aromatic N) is 2. The predicted molar refractivity (Wildman–Crippen MR) is 89.4 cm³/mol. The number of carbonyl (C=O) groups excluding carboxylic acids is 1. The first-order chi connectivity index (χ1) is 10.7. The molecule has 0 radical (unpaired) electrons. The van der Waals surface area contributed by atoms with E-state index in [1.54, 1.807) is 11.3 Å². The third kappa shape index (κ3) is 2.31. The van der Waals surface area contributed by atoms with Crippen LogP contribution in [-0.2, 0) is 31.1 Å². The zero-order valence-electron chi connectivity index (χ0n) is 12.4. The van der Waals surface area contributed by atoms with Gasteiger partial charge in [-0.1, -0.05) is 18.2 Å².